The molecule has 1 atom stereocenters. The second-order valence-electron chi connectivity index (χ2n) is 6.56. The second kappa shape index (κ2) is 7.77. The van der Waals surface area contributed by atoms with Crippen LogP contribution in [-0.4, -0.2) is 66.2 Å². The highest BCUT2D eigenvalue weighted by Crippen LogP contribution is 2.19. The lowest BCUT2D eigenvalue weighted by Gasteiger charge is -2.31. The van der Waals surface area contributed by atoms with Crippen molar-refractivity contribution in [2.45, 2.75) is 24.2 Å². The molecule has 0 radical (unpaired) electrons. The summed E-state index contributed by atoms with van der Waals surface area (Å²) in [4.78, 5) is 3.83. The molecule has 0 saturated carbocycles. The van der Waals surface area contributed by atoms with Crippen LogP contribution in [0.5, 0.6) is 0 Å². The van der Waals surface area contributed by atoms with Gasteiger partial charge in [0, 0.05) is 26.7 Å². The maximum Gasteiger partial charge on any atom is 0.242 e. The van der Waals surface area contributed by atoms with E-state index < -0.39 is 10.0 Å². The average Bonchev–Trinajstić information content (AvgIpc) is 2.98. The number of fused-ring (bicyclic) bond motifs is 1. The van der Waals surface area contributed by atoms with Crippen molar-refractivity contribution < 1.29 is 13.5 Å². The predicted octanol–water partition coefficient (Wildman–Crippen LogP) is 0.341. The van der Waals surface area contributed by atoms with Crippen LogP contribution in [0.25, 0.3) is 11.0 Å². The number of sulfonamides is 1. The minimum Gasteiger partial charge on any atom is -0.396 e. The molecule has 0 unspecified atom stereocenters. The quantitative estimate of drug-likeness (QED) is 0.685. The molecule has 1 aliphatic heterocycles. The van der Waals surface area contributed by atoms with Crippen molar-refractivity contribution in [3.8, 4) is 0 Å². The van der Waals surface area contributed by atoms with Gasteiger partial charge in [0.05, 0.1) is 0 Å². The molecule has 25 heavy (non-hydrogen) atoms. The van der Waals surface area contributed by atoms with E-state index in [1.54, 1.807) is 25.2 Å². The number of nitrogens with zero attached hydrogens (tertiary/aromatic N) is 4. The van der Waals surface area contributed by atoms with Crippen LogP contribution in [0.2, 0.25) is 0 Å². The molecule has 3 rings (SSSR count). The lowest BCUT2D eigenvalue weighted by atomic mass is 9.99. The monoisotopic (exact) mass is 367 g/mol. The predicted molar refractivity (Wildman–Crippen MR) is 94.6 cm³/mol. The van der Waals surface area contributed by atoms with E-state index in [0.717, 1.165) is 38.9 Å². The highest BCUT2D eigenvalue weighted by atomic mass is 32.2. The number of piperidine rings is 1. The van der Waals surface area contributed by atoms with Crippen LogP contribution < -0.4 is 4.72 Å². The molecule has 1 saturated heterocycles. The molecule has 2 aromatic rings. The number of aromatic nitrogens is 3. The van der Waals surface area contributed by atoms with Gasteiger partial charge in [-0.2, -0.15) is 15.0 Å². The van der Waals surface area contributed by atoms with Gasteiger partial charge in [-0.15, -0.1) is 0 Å². The highest BCUT2D eigenvalue weighted by Gasteiger charge is 2.21. The molecular formula is C16H25N5O3S. The number of hydrogen-bond donors (Lipinski definition) is 2. The summed E-state index contributed by atoms with van der Waals surface area (Å²) < 4.78 is 27.8. The summed E-state index contributed by atoms with van der Waals surface area (Å²) in [7, 11) is -1.95. The maximum atomic E-state index is 12.6. The van der Waals surface area contributed by atoms with Gasteiger partial charge in [0.1, 0.15) is 15.9 Å². The largest absolute Gasteiger partial charge is 0.396 e. The number of aliphatic hydroxyl groups is 1. The van der Waals surface area contributed by atoms with Crippen LogP contribution in [0.15, 0.2) is 23.1 Å². The van der Waals surface area contributed by atoms with Crippen LogP contribution in [0.3, 0.4) is 0 Å². The molecule has 138 valence electrons. The zero-order valence-corrected chi connectivity index (χ0v) is 15.2. The first-order valence-electron chi connectivity index (χ1n) is 8.62. The number of aryl methyl sites for hydroxylation is 1. The standard InChI is InChI=1S/C16H25N5O3S/c1-20-18-14-6-2-7-15(16(14)19-20)25(23,24)17-8-4-10-21-9-3-5-13(11-21)12-22/h2,6-7,13,17,22H,3-5,8-12H2,1H3/t13-/m1/s1. The topological polar surface area (TPSA) is 100 Å². The molecule has 0 spiro atoms. The fourth-order valence-electron chi connectivity index (χ4n) is 3.32. The van der Waals surface area contributed by atoms with Crippen molar-refractivity contribution in [3.05, 3.63) is 18.2 Å². The van der Waals surface area contributed by atoms with Crippen molar-refractivity contribution >= 4 is 21.1 Å². The van der Waals surface area contributed by atoms with E-state index in [9.17, 15) is 13.5 Å². The van der Waals surface area contributed by atoms with Gasteiger partial charge in [0.25, 0.3) is 0 Å². The summed E-state index contributed by atoms with van der Waals surface area (Å²) in [6.45, 7) is 3.34. The SMILES string of the molecule is Cn1nc2cccc(S(=O)(=O)NCCCN3CCC[C@@H](CO)C3)c2n1. The molecule has 1 fully saturated rings. The lowest BCUT2D eigenvalue weighted by Crippen LogP contribution is -2.38. The van der Waals surface area contributed by atoms with E-state index in [1.165, 1.54) is 4.80 Å². The van der Waals surface area contributed by atoms with Crippen LogP contribution in [0.4, 0.5) is 0 Å². The zero-order chi connectivity index (χ0) is 17.9. The number of rotatable bonds is 7. The van der Waals surface area contributed by atoms with E-state index in [1.807, 2.05) is 0 Å². The Morgan fingerprint density at radius 1 is 1.36 bits per heavy atom. The number of hydrogen-bond acceptors (Lipinski definition) is 6. The Morgan fingerprint density at radius 2 is 2.20 bits per heavy atom. The van der Waals surface area contributed by atoms with E-state index in [0.29, 0.717) is 23.5 Å². The van der Waals surface area contributed by atoms with Crippen molar-refractivity contribution in [2.75, 3.05) is 32.8 Å². The molecule has 2 N–H and O–H groups in total. The number of benzene rings is 1. The number of aliphatic hydroxyl groups excluding tert-OH is 1. The first kappa shape index (κ1) is 18.2. The van der Waals surface area contributed by atoms with E-state index >= 15 is 0 Å². The number of nitrogens with one attached hydrogen (secondary N) is 1. The molecule has 1 aromatic heterocycles. The maximum absolute atomic E-state index is 12.6. The molecule has 2 heterocycles. The van der Waals surface area contributed by atoms with Gasteiger partial charge < -0.3 is 10.0 Å². The number of likely N-dealkylation sites (tertiary alicyclic amines) is 1. The highest BCUT2D eigenvalue weighted by molar-refractivity contribution is 7.89. The summed E-state index contributed by atoms with van der Waals surface area (Å²) in [5.41, 5.74) is 0.952. The Balaban J connectivity index is 1.57. The van der Waals surface area contributed by atoms with Crippen LogP contribution >= 0.6 is 0 Å². The van der Waals surface area contributed by atoms with Crippen molar-refractivity contribution in [3.63, 3.8) is 0 Å². The Bertz CT molecular complexity index is 820. The third kappa shape index (κ3) is 4.35. The second-order valence-corrected chi connectivity index (χ2v) is 8.29. The van der Waals surface area contributed by atoms with Gasteiger partial charge in [0.15, 0.2) is 0 Å². The average molecular weight is 367 g/mol. The first-order chi connectivity index (χ1) is 12.0. The normalized spacial score (nSPS) is 19.5. The zero-order valence-electron chi connectivity index (χ0n) is 14.4. The summed E-state index contributed by atoms with van der Waals surface area (Å²) >= 11 is 0. The van der Waals surface area contributed by atoms with Gasteiger partial charge >= 0.3 is 0 Å². The van der Waals surface area contributed by atoms with Crippen molar-refractivity contribution in [2.24, 2.45) is 13.0 Å². The van der Waals surface area contributed by atoms with E-state index in [4.69, 9.17) is 0 Å². The Labute approximate surface area is 147 Å². The fourth-order valence-corrected chi connectivity index (χ4v) is 4.55. The van der Waals surface area contributed by atoms with Gasteiger partial charge in [-0.3, -0.25) is 0 Å². The molecule has 0 aliphatic carbocycles. The van der Waals surface area contributed by atoms with Crippen molar-refractivity contribution in [1.82, 2.24) is 24.6 Å². The molecule has 0 bridgehead atoms. The third-order valence-corrected chi connectivity index (χ3v) is 6.06. The Hall–Kier alpha value is -1.55. The molecule has 8 nitrogen and oxygen atoms in total. The molecule has 9 heteroatoms. The van der Waals surface area contributed by atoms with Crippen LogP contribution in [-0.2, 0) is 17.1 Å². The fraction of sp³-hybridized carbons (Fsp3) is 0.625. The summed E-state index contributed by atoms with van der Waals surface area (Å²) in [5, 5.41) is 17.6. The summed E-state index contributed by atoms with van der Waals surface area (Å²) in [6.07, 6.45) is 2.89. The summed E-state index contributed by atoms with van der Waals surface area (Å²) in [5.74, 6) is 0.347. The van der Waals surface area contributed by atoms with Crippen molar-refractivity contribution in [1.29, 1.82) is 0 Å². The van der Waals surface area contributed by atoms with E-state index in [-0.39, 0.29) is 11.5 Å². The van der Waals surface area contributed by atoms with Gasteiger partial charge in [-0.05, 0) is 50.4 Å². The Morgan fingerprint density at radius 3 is 3.00 bits per heavy atom. The molecule has 1 aromatic carbocycles. The van der Waals surface area contributed by atoms with Crippen LogP contribution in [0.1, 0.15) is 19.3 Å². The minimum atomic E-state index is -3.62. The van der Waals surface area contributed by atoms with E-state index in [2.05, 4.69) is 19.8 Å². The first-order valence-corrected chi connectivity index (χ1v) is 10.1. The van der Waals surface area contributed by atoms with Gasteiger partial charge in [-0.25, -0.2) is 13.1 Å². The summed E-state index contributed by atoms with van der Waals surface area (Å²) in [6, 6.07) is 4.97. The van der Waals surface area contributed by atoms with Gasteiger partial charge in [-0.1, -0.05) is 6.07 Å². The molecule has 1 aliphatic rings. The Kier molecular flexibility index (Phi) is 5.67. The van der Waals surface area contributed by atoms with Crippen LogP contribution in [0, 0.1) is 5.92 Å². The molecular weight excluding hydrogens is 342 g/mol. The lowest BCUT2D eigenvalue weighted by molar-refractivity contribution is 0.120. The minimum absolute atomic E-state index is 0.163. The third-order valence-electron chi connectivity index (χ3n) is 4.57. The molecule has 0 amide bonds. The van der Waals surface area contributed by atoms with Gasteiger partial charge in [0.2, 0.25) is 10.0 Å². The smallest absolute Gasteiger partial charge is 0.242 e.